The molecule has 238 valence electrons. The van der Waals surface area contributed by atoms with Crippen LogP contribution in [0.1, 0.15) is 68.2 Å². The number of benzene rings is 2. The predicted molar refractivity (Wildman–Crippen MR) is 180 cm³/mol. The first-order chi connectivity index (χ1) is 20.6. The summed E-state index contributed by atoms with van der Waals surface area (Å²) < 4.78 is 12.8. The van der Waals surface area contributed by atoms with Gasteiger partial charge in [0.1, 0.15) is 24.7 Å². The van der Waals surface area contributed by atoms with Gasteiger partial charge in [0, 0.05) is 16.6 Å². The molecule has 3 rings (SSSR count). The van der Waals surface area contributed by atoms with E-state index in [9.17, 15) is 9.59 Å². The maximum absolute atomic E-state index is 13.3. The van der Waals surface area contributed by atoms with Gasteiger partial charge in [0.05, 0.1) is 31.4 Å². The van der Waals surface area contributed by atoms with E-state index in [1.54, 1.807) is 0 Å². The summed E-state index contributed by atoms with van der Waals surface area (Å²) in [6.07, 6.45) is 5.12. The van der Waals surface area contributed by atoms with E-state index in [4.69, 9.17) is 9.47 Å². The number of alkyl halides is 1. The van der Waals surface area contributed by atoms with Crippen LogP contribution >= 0.6 is 15.9 Å². The lowest BCUT2D eigenvalue weighted by molar-refractivity contribution is -0.917. The minimum Gasteiger partial charge on any atom is -0.494 e. The van der Waals surface area contributed by atoms with Gasteiger partial charge in [0.2, 0.25) is 5.91 Å². The molecule has 1 saturated heterocycles. The second-order valence-corrected chi connectivity index (χ2v) is 12.6. The van der Waals surface area contributed by atoms with E-state index in [1.165, 1.54) is 0 Å². The zero-order valence-electron chi connectivity index (χ0n) is 27.0. The van der Waals surface area contributed by atoms with Gasteiger partial charge in [-0.05, 0) is 109 Å². The molecule has 0 radical (unpaired) electrons. The Morgan fingerprint density at radius 2 is 1.65 bits per heavy atom. The highest BCUT2D eigenvalue weighted by Crippen LogP contribution is 2.30. The fourth-order valence-electron chi connectivity index (χ4n) is 5.73. The number of quaternary nitrogens is 1. The van der Waals surface area contributed by atoms with E-state index in [-0.39, 0.29) is 17.9 Å². The molecule has 0 aromatic heterocycles. The number of hydrogen-bond donors (Lipinski definition) is 3. The molecular formula is C34H52BrN4O4+. The Balaban J connectivity index is 1.60. The van der Waals surface area contributed by atoms with Gasteiger partial charge in [-0.1, -0.05) is 28.4 Å². The Kier molecular flexibility index (Phi) is 13.8. The van der Waals surface area contributed by atoms with Crippen LogP contribution in [0.3, 0.4) is 0 Å². The van der Waals surface area contributed by atoms with Crippen LogP contribution in [0.25, 0.3) is 0 Å². The van der Waals surface area contributed by atoms with Crippen LogP contribution in [0.5, 0.6) is 11.5 Å². The molecule has 1 aliphatic rings. The minimum atomic E-state index is -0.150. The predicted octanol–water partition coefficient (Wildman–Crippen LogP) is 6.43. The topological polar surface area (TPSA) is 88.7 Å². The van der Waals surface area contributed by atoms with Crippen molar-refractivity contribution in [3.05, 3.63) is 46.5 Å². The third kappa shape index (κ3) is 9.95. The molecule has 3 N–H and O–H groups in total. The number of hydrogen-bond acceptors (Lipinski definition) is 5. The summed E-state index contributed by atoms with van der Waals surface area (Å²) in [5.74, 6) is 1.60. The standard InChI is InChI=1S/C34H51BrN4O4/c1-7-39(8-2,23-31(40)37-32-25(4)21-28(22-26(32)5)42-19-12-10-16-35)18-20-43-30-15-14-24(3)33(27(30)6)38-34(41)29-13-9-11-17-36-29/h14-15,21-22,29,36H,7-13,16-20,23H2,1-6H3,(H-,37,38,40,41)/p+1. The van der Waals surface area contributed by atoms with Gasteiger partial charge in [-0.2, -0.15) is 0 Å². The van der Waals surface area contributed by atoms with Crippen molar-refractivity contribution in [2.24, 2.45) is 0 Å². The zero-order chi connectivity index (χ0) is 31.4. The number of carbonyl (C=O) groups excluding carboxylic acids is 2. The Labute approximate surface area is 267 Å². The van der Waals surface area contributed by atoms with Crippen LogP contribution in [-0.2, 0) is 9.59 Å². The van der Waals surface area contributed by atoms with Crippen LogP contribution in [0, 0.1) is 27.7 Å². The molecule has 0 aliphatic carbocycles. The lowest BCUT2D eigenvalue weighted by atomic mass is 10.0. The van der Waals surface area contributed by atoms with Crippen molar-refractivity contribution in [1.82, 2.24) is 5.32 Å². The molecule has 43 heavy (non-hydrogen) atoms. The van der Waals surface area contributed by atoms with Crippen LogP contribution in [-0.4, -0.2) is 73.6 Å². The Morgan fingerprint density at radius 1 is 0.930 bits per heavy atom. The van der Waals surface area contributed by atoms with E-state index < -0.39 is 0 Å². The van der Waals surface area contributed by atoms with Crippen LogP contribution < -0.4 is 25.4 Å². The first-order valence-corrected chi connectivity index (χ1v) is 17.0. The van der Waals surface area contributed by atoms with Gasteiger partial charge in [0.25, 0.3) is 5.91 Å². The summed E-state index contributed by atoms with van der Waals surface area (Å²) in [5, 5.41) is 10.6. The lowest BCUT2D eigenvalue weighted by Gasteiger charge is -2.36. The molecule has 1 unspecified atom stereocenters. The average molecular weight is 661 g/mol. The highest BCUT2D eigenvalue weighted by Gasteiger charge is 2.28. The summed E-state index contributed by atoms with van der Waals surface area (Å²) in [5.41, 5.74) is 5.60. The fraction of sp³-hybridized carbons (Fsp3) is 0.588. The van der Waals surface area contributed by atoms with Gasteiger partial charge >= 0.3 is 0 Å². The number of piperidine rings is 1. The summed E-state index contributed by atoms with van der Waals surface area (Å²) in [6.45, 7) is 17.0. The molecule has 1 heterocycles. The van der Waals surface area contributed by atoms with Crippen molar-refractivity contribution in [2.75, 3.05) is 61.9 Å². The fourth-order valence-corrected chi connectivity index (χ4v) is 6.13. The van der Waals surface area contributed by atoms with Crippen molar-refractivity contribution >= 4 is 39.1 Å². The third-order valence-corrected chi connectivity index (χ3v) is 9.27. The Bertz CT molecular complexity index is 1200. The van der Waals surface area contributed by atoms with Crippen LogP contribution in [0.4, 0.5) is 11.4 Å². The molecule has 2 aromatic rings. The van der Waals surface area contributed by atoms with Crippen molar-refractivity contribution in [1.29, 1.82) is 0 Å². The summed E-state index contributed by atoms with van der Waals surface area (Å²) in [4.78, 5) is 26.2. The average Bonchev–Trinajstić information content (AvgIpc) is 3.00. The smallest absolute Gasteiger partial charge is 0.279 e. The number of unbranched alkanes of at least 4 members (excludes halogenated alkanes) is 1. The normalized spacial score (nSPS) is 15.2. The lowest BCUT2D eigenvalue weighted by Crippen LogP contribution is -2.54. The monoisotopic (exact) mass is 659 g/mol. The van der Waals surface area contributed by atoms with Crippen molar-refractivity contribution in [3.63, 3.8) is 0 Å². The van der Waals surface area contributed by atoms with E-state index in [2.05, 4.69) is 45.7 Å². The molecule has 0 saturated carbocycles. The van der Waals surface area contributed by atoms with Crippen molar-refractivity contribution in [3.8, 4) is 11.5 Å². The Morgan fingerprint density at radius 3 is 2.28 bits per heavy atom. The quantitative estimate of drug-likeness (QED) is 0.110. The number of likely N-dealkylation sites (N-methyl/N-ethyl adjacent to an activating group) is 1. The van der Waals surface area contributed by atoms with E-state index in [0.717, 1.165) is 102 Å². The number of anilines is 2. The Hall–Kier alpha value is -2.62. The number of halogens is 1. The van der Waals surface area contributed by atoms with Gasteiger partial charge in [-0.15, -0.1) is 0 Å². The number of nitrogens with one attached hydrogen (secondary N) is 3. The second kappa shape index (κ2) is 17.0. The van der Waals surface area contributed by atoms with Crippen LogP contribution in [0.15, 0.2) is 24.3 Å². The molecule has 1 fully saturated rings. The molecule has 0 spiro atoms. The highest BCUT2D eigenvalue weighted by molar-refractivity contribution is 9.09. The minimum absolute atomic E-state index is 0.00581. The number of carbonyl (C=O) groups is 2. The van der Waals surface area contributed by atoms with E-state index in [0.29, 0.717) is 30.8 Å². The zero-order valence-corrected chi connectivity index (χ0v) is 28.6. The van der Waals surface area contributed by atoms with Crippen molar-refractivity contribution < 1.29 is 23.5 Å². The maximum Gasteiger partial charge on any atom is 0.279 e. The molecule has 1 aliphatic heterocycles. The largest absolute Gasteiger partial charge is 0.494 e. The maximum atomic E-state index is 13.3. The van der Waals surface area contributed by atoms with Crippen LogP contribution in [0.2, 0.25) is 0 Å². The van der Waals surface area contributed by atoms with Gasteiger partial charge in [-0.3, -0.25) is 9.59 Å². The first-order valence-electron chi connectivity index (χ1n) is 15.8. The van der Waals surface area contributed by atoms with Gasteiger partial charge in [0.15, 0.2) is 6.54 Å². The SMILES string of the molecule is CC[N+](CC)(CCOc1ccc(C)c(NC(=O)C2CCCCN2)c1C)CC(=O)Nc1c(C)cc(OCCCCBr)cc1C. The van der Waals surface area contributed by atoms with Gasteiger partial charge in [-0.25, -0.2) is 0 Å². The summed E-state index contributed by atoms with van der Waals surface area (Å²) in [6, 6.07) is 7.81. The molecule has 2 amide bonds. The van der Waals surface area contributed by atoms with Gasteiger partial charge < -0.3 is 29.9 Å². The number of nitrogens with zero attached hydrogens (tertiary/aromatic N) is 1. The second-order valence-electron chi connectivity index (χ2n) is 11.8. The molecule has 2 aromatic carbocycles. The molecular weight excluding hydrogens is 608 g/mol. The van der Waals surface area contributed by atoms with E-state index >= 15 is 0 Å². The third-order valence-electron chi connectivity index (χ3n) is 8.71. The highest BCUT2D eigenvalue weighted by atomic mass is 79.9. The molecule has 0 bridgehead atoms. The summed E-state index contributed by atoms with van der Waals surface area (Å²) >= 11 is 3.45. The van der Waals surface area contributed by atoms with Crippen molar-refractivity contribution in [2.45, 2.75) is 79.7 Å². The first kappa shape index (κ1) is 34.9. The summed E-state index contributed by atoms with van der Waals surface area (Å²) in [7, 11) is 0. The number of rotatable bonds is 16. The number of amides is 2. The molecule has 1 atom stereocenters. The molecule has 9 heteroatoms. The van der Waals surface area contributed by atoms with E-state index in [1.807, 2.05) is 52.0 Å². The number of aryl methyl sites for hydroxylation is 3. The number of ether oxygens (including phenoxy) is 2. The molecule has 8 nitrogen and oxygen atoms in total.